The molecule has 3 aliphatic rings. The van der Waals surface area contributed by atoms with Crippen molar-refractivity contribution in [2.24, 2.45) is 35.5 Å². The molecule has 3 fully saturated rings. The van der Waals surface area contributed by atoms with E-state index in [0.29, 0.717) is 5.92 Å². The van der Waals surface area contributed by atoms with Crippen molar-refractivity contribution in [3.8, 4) is 11.5 Å². The number of hydrogen-bond donors (Lipinski definition) is 0. The maximum absolute atomic E-state index is 13.9. The fourth-order valence-electron chi connectivity index (χ4n) is 7.39. The van der Waals surface area contributed by atoms with Crippen molar-refractivity contribution in [1.29, 1.82) is 0 Å². The first-order valence-corrected chi connectivity index (χ1v) is 14.2. The summed E-state index contributed by atoms with van der Waals surface area (Å²) in [6, 6.07) is 2.04. The first kappa shape index (κ1) is 26.4. The Bertz CT molecular complexity index is 810. The van der Waals surface area contributed by atoms with Crippen LogP contribution in [0.1, 0.15) is 103 Å². The van der Waals surface area contributed by atoms with Gasteiger partial charge in [-0.25, -0.2) is 8.78 Å². The van der Waals surface area contributed by atoms with Crippen molar-refractivity contribution in [2.75, 3.05) is 7.11 Å². The van der Waals surface area contributed by atoms with E-state index >= 15 is 0 Å². The lowest BCUT2D eigenvalue weighted by Gasteiger charge is -2.45. The minimum Gasteiger partial charge on any atom is -0.491 e. The summed E-state index contributed by atoms with van der Waals surface area (Å²) in [7, 11) is 1.21. The zero-order valence-electron chi connectivity index (χ0n) is 21.7. The van der Waals surface area contributed by atoms with Gasteiger partial charge in [0.1, 0.15) is 5.75 Å². The molecule has 3 saturated carbocycles. The first-order chi connectivity index (χ1) is 17.0. The second-order valence-corrected chi connectivity index (χ2v) is 11.6. The monoisotopic (exact) mass is 490 g/mol. The van der Waals surface area contributed by atoms with Crippen molar-refractivity contribution < 1.29 is 23.0 Å². The lowest BCUT2D eigenvalue weighted by Crippen LogP contribution is -2.35. The second kappa shape index (κ2) is 12.5. The minimum absolute atomic E-state index is 0.0905. The van der Waals surface area contributed by atoms with Gasteiger partial charge in [0, 0.05) is 12.1 Å². The van der Waals surface area contributed by atoms with Crippen LogP contribution in [0.3, 0.4) is 0 Å². The van der Waals surface area contributed by atoms with Gasteiger partial charge < -0.3 is 9.47 Å². The highest BCUT2D eigenvalue weighted by Gasteiger charge is 2.39. The second-order valence-electron chi connectivity index (χ2n) is 11.6. The highest BCUT2D eigenvalue weighted by atomic mass is 19.1. The fraction of sp³-hybridized carbons (Fsp3) is 0.767. The standard InChI is InChI=1S/C30H44F2O3/c1-3-4-5-6-7-20-8-9-25-17-24(15-14-23(25)16-20)21-10-12-22(13-11-21)30(33)35-26-18-27(31)29(34-2)28(32)19-26/h18-25H,3-17H2,1-2H3. The van der Waals surface area contributed by atoms with E-state index in [9.17, 15) is 13.6 Å². The Balaban J connectivity index is 1.20. The smallest absolute Gasteiger partial charge is 0.314 e. The van der Waals surface area contributed by atoms with Crippen LogP contribution in [-0.2, 0) is 4.79 Å². The van der Waals surface area contributed by atoms with Gasteiger partial charge in [0.05, 0.1) is 13.0 Å². The first-order valence-electron chi connectivity index (χ1n) is 14.2. The maximum atomic E-state index is 13.9. The molecule has 4 rings (SSSR count). The third kappa shape index (κ3) is 6.77. The zero-order valence-corrected chi connectivity index (χ0v) is 21.7. The molecule has 0 radical (unpaired) electrons. The number of ether oxygens (including phenoxy) is 2. The summed E-state index contributed by atoms with van der Waals surface area (Å²) in [6.07, 6.45) is 19.2. The molecule has 0 heterocycles. The van der Waals surface area contributed by atoms with Crippen LogP contribution in [0.2, 0.25) is 0 Å². The average Bonchev–Trinajstić information content (AvgIpc) is 2.86. The maximum Gasteiger partial charge on any atom is 0.314 e. The van der Waals surface area contributed by atoms with Gasteiger partial charge in [0.15, 0.2) is 17.4 Å². The molecule has 1 aromatic carbocycles. The van der Waals surface area contributed by atoms with Crippen LogP contribution < -0.4 is 9.47 Å². The predicted molar refractivity (Wildman–Crippen MR) is 134 cm³/mol. The molecule has 3 nitrogen and oxygen atoms in total. The summed E-state index contributed by atoms with van der Waals surface area (Å²) in [5, 5.41) is 0. The van der Waals surface area contributed by atoms with E-state index in [4.69, 9.17) is 9.47 Å². The Kier molecular flexibility index (Phi) is 9.46. The molecule has 1 aromatic rings. The van der Waals surface area contributed by atoms with Crippen LogP contribution in [0.15, 0.2) is 12.1 Å². The Morgan fingerprint density at radius 3 is 2.09 bits per heavy atom. The number of fused-ring (bicyclic) bond motifs is 1. The van der Waals surface area contributed by atoms with Crippen molar-refractivity contribution in [2.45, 2.75) is 103 Å². The Morgan fingerprint density at radius 2 is 1.43 bits per heavy atom. The molecule has 3 aliphatic carbocycles. The molecule has 0 amide bonds. The molecular formula is C30H44F2O3. The number of esters is 1. The molecule has 196 valence electrons. The third-order valence-electron chi connectivity index (χ3n) is 9.39. The molecule has 0 aromatic heterocycles. The molecule has 0 saturated heterocycles. The number of hydrogen-bond acceptors (Lipinski definition) is 3. The number of benzene rings is 1. The van der Waals surface area contributed by atoms with E-state index in [1.54, 1.807) is 0 Å². The number of halogens is 2. The van der Waals surface area contributed by atoms with Crippen molar-refractivity contribution in [1.82, 2.24) is 0 Å². The van der Waals surface area contributed by atoms with Crippen LogP contribution in [0.5, 0.6) is 11.5 Å². The van der Waals surface area contributed by atoms with Crippen LogP contribution in [0.25, 0.3) is 0 Å². The van der Waals surface area contributed by atoms with E-state index < -0.39 is 17.4 Å². The van der Waals surface area contributed by atoms with Gasteiger partial charge in [-0.2, -0.15) is 0 Å². The topological polar surface area (TPSA) is 35.5 Å². The van der Waals surface area contributed by atoms with E-state index in [-0.39, 0.29) is 17.6 Å². The highest BCUT2D eigenvalue weighted by Crippen LogP contribution is 2.49. The van der Waals surface area contributed by atoms with Crippen molar-refractivity contribution >= 4 is 5.97 Å². The third-order valence-corrected chi connectivity index (χ3v) is 9.39. The summed E-state index contributed by atoms with van der Waals surface area (Å²) >= 11 is 0. The molecule has 0 N–H and O–H groups in total. The summed E-state index contributed by atoms with van der Waals surface area (Å²) in [5.41, 5.74) is 0. The summed E-state index contributed by atoms with van der Waals surface area (Å²) in [5.74, 6) is 1.54. The van der Waals surface area contributed by atoms with Gasteiger partial charge in [-0.05, 0) is 87.4 Å². The van der Waals surface area contributed by atoms with Gasteiger partial charge in [-0.15, -0.1) is 0 Å². The molecular weight excluding hydrogens is 446 g/mol. The number of carbonyl (C=O) groups excluding carboxylic acids is 1. The van der Waals surface area contributed by atoms with Gasteiger partial charge in [0.2, 0.25) is 0 Å². The molecule has 0 bridgehead atoms. The lowest BCUT2D eigenvalue weighted by atomic mass is 9.60. The van der Waals surface area contributed by atoms with E-state index in [1.807, 2.05) is 0 Å². The number of carbonyl (C=O) groups is 1. The molecule has 4 atom stereocenters. The van der Waals surface area contributed by atoms with Gasteiger partial charge in [-0.1, -0.05) is 45.4 Å². The SMILES string of the molecule is CCCCCCC1CCC2CC(C3CCC(C(=O)Oc4cc(F)c(OC)c(F)c4)CC3)CCC2C1. The molecule has 5 heteroatoms. The Hall–Kier alpha value is -1.65. The Labute approximate surface area is 210 Å². The van der Waals surface area contributed by atoms with Crippen LogP contribution in [0.4, 0.5) is 8.78 Å². The van der Waals surface area contributed by atoms with Crippen molar-refractivity contribution in [3.63, 3.8) is 0 Å². The van der Waals surface area contributed by atoms with E-state index in [1.165, 1.54) is 77.7 Å². The van der Waals surface area contributed by atoms with Gasteiger partial charge in [-0.3, -0.25) is 4.79 Å². The minimum atomic E-state index is -0.861. The van der Waals surface area contributed by atoms with Crippen molar-refractivity contribution in [3.05, 3.63) is 23.8 Å². The lowest BCUT2D eigenvalue weighted by molar-refractivity contribution is -0.140. The van der Waals surface area contributed by atoms with Crippen LogP contribution in [0, 0.1) is 47.1 Å². The summed E-state index contributed by atoms with van der Waals surface area (Å²) < 4.78 is 37.9. The largest absolute Gasteiger partial charge is 0.491 e. The molecule has 35 heavy (non-hydrogen) atoms. The zero-order chi connectivity index (χ0) is 24.8. The quantitative estimate of drug-likeness (QED) is 0.198. The van der Waals surface area contributed by atoms with Gasteiger partial charge in [0.25, 0.3) is 0 Å². The highest BCUT2D eigenvalue weighted by molar-refractivity contribution is 5.75. The molecule has 4 unspecified atom stereocenters. The van der Waals surface area contributed by atoms with Crippen LogP contribution in [-0.4, -0.2) is 13.1 Å². The summed E-state index contributed by atoms with van der Waals surface area (Å²) in [4.78, 5) is 12.7. The molecule has 0 spiro atoms. The average molecular weight is 491 g/mol. The van der Waals surface area contributed by atoms with Gasteiger partial charge >= 0.3 is 5.97 Å². The normalized spacial score (nSPS) is 31.0. The number of methoxy groups -OCH3 is 1. The van der Waals surface area contributed by atoms with E-state index in [2.05, 4.69) is 6.92 Å². The fourth-order valence-corrected chi connectivity index (χ4v) is 7.39. The predicted octanol–water partition coefficient (Wildman–Crippen LogP) is 8.49. The van der Waals surface area contributed by atoms with E-state index in [0.717, 1.165) is 61.5 Å². The Morgan fingerprint density at radius 1 is 0.829 bits per heavy atom. The summed E-state index contributed by atoms with van der Waals surface area (Å²) in [6.45, 7) is 2.29. The number of unbranched alkanes of at least 4 members (excludes halogenated alkanes) is 3. The number of rotatable bonds is 9. The van der Waals surface area contributed by atoms with Crippen LogP contribution >= 0.6 is 0 Å². The molecule has 0 aliphatic heterocycles.